The van der Waals surface area contributed by atoms with Crippen LogP contribution in [0.2, 0.25) is 0 Å². The first-order chi connectivity index (χ1) is 8.52. The summed E-state index contributed by atoms with van der Waals surface area (Å²) < 4.78 is 5.40. The Hall–Kier alpha value is -0.650. The van der Waals surface area contributed by atoms with Gasteiger partial charge in [0.05, 0.1) is 13.2 Å². The van der Waals surface area contributed by atoms with Crippen molar-refractivity contribution in [2.45, 2.75) is 37.6 Å². The highest BCUT2D eigenvalue weighted by Gasteiger charge is 2.31. The van der Waals surface area contributed by atoms with Gasteiger partial charge >= 0.3 is 0 Å². The predicted molar refractivity (Wildman–Crippen MR) is 72.4 cm³/mol. The summed E-state index contributed by atoms with van der Waals surface area (Å²) in [6, 6.07) is 0. The lowest BCUT2D eigenvalue weighted by Crippen LogP contribution is -2.42. The van der Waals surface area contributed by atoms with Gasteiger partial charge in [-0.1, -0.05) is 12.8 Å². The third-order valence-electron chi connectivity index (χ3n) is 3.36. The van der Waals surface area contributed by atoms with E-state index in [-0.39, 0.29) is 11.4 Å². The second-order valence-electron chi connectivity index (χ2n) is 5.51. The summed E-state index contributed by atoms with van der Waals surface area (Å²) in [6.45, 7) is 2.74. The maximum Gasteiger partial charge on any atom is 0.221 e. The van der Waals surface area contributed by atoms with Crippen LogP contribution in [0.15, 0.2) is 0 Å². The Morgan fingerprint density at radius 2 is 2.00 bits per heavy atom. The van der Waals surface area contributed by atoms with Gasteiger partial charge in [0.2, 0.25) is 5.91 Å². The fraction of sp³-hybridized carbons (Fsp3) is 0.923. The molecule has 0 bridgehead atoms. The van der Waals surface area contributed by atoms with Crippen LogP contribution in [0, 0.1) is 0 Å². The zero-order valence-corrected chi connectivity index (χ0v) is 11.7. The monoisotopic (exact) mass is 257 g/mol. The minimum absolute atomic E-state index is 0.0515. The van der Waals surface area contributed by atoms with Gasteiger partial charge in [0.1, 0.15) is 0 Å². The summed E-state index contributed by atoms with van der Waals surface area (Å²) in [6.07, 6.45) is 4.69. The van der Waals surface area contributed by atoms with Gasteiger partial charge in [0.25, 0.3) is 0 Å². The molecule has 1 amide bonds. The second-order valence-corrected chi connectivity index (χ2v) is 5.51. The van der Waals surface area contributed by atoms with Gasteiger partial charge in [-0.2, -0.15) is 0 Å². The molecule has 0 radical (unpaired) electrons. The summed E-state index contributed by atoms with van der Waals surface area (Å²) in [5.74, 6) is 0.0515. The zero-order valence-electron chi connectivity index (χ0n) is 11.7. The third-order valence-corrected chi connectivity index (χ3v) is 3.36. The lowest BCUT2D eigenvalue weighted by atomic mass is 9.94. The molecule has 0 saturated heterocycles. The van der Waals surface area contributed by atoms with Gasteiger partial charge in [-0.25, -0.2) is 0 Å². The van der Waals surface area contributed by atoms with E-state index in [1.165, 1.54) is 0 Å². The van der Waals surface area contributed by atoms with Gasteiger partial charge in [-0.05, 0) is 26.9 Å². The van der Waals surface area contributed by atoms with Crippen LogP contribution in [0.25, 0.3) is 0 Å². The molecule has 18 heavy (non-hydrogen) atoms. The number of ether oxygens (including phenoxy) is 1. The molecule has 1 rings (SSSR count). The molecule has 0 aromatic carbocycles. The van der Waals surface area contributed by atoms with Crippen molar-refractivity contribution in [2.75, 3.05) is 40.4 Å². The summed E-state index contributed by atoms with van der Waals surface area (Å²) in [4.78, 5) is 13.8. The molecule has 1 aliphatic rings. The predicted octanol–water partition coefficient (Wildman–Crippen LogP) is 0.342. The zero-order chi connectivity index (χ0) is 13.4. The third kappa shape index (κ3) is 6.33. The van der Waals surface area contributed by atoms with E-state index in [1.54, 1.807) is 0 Å². The van der Waals surface area contributed by atoms with Crippen LogP contribution in [0.1, 0.15) is 32.1 Å². The maximum atomic E-state index is 11.7. The number of nitrogens with two attached hydrogens (primary N) is 1. The lowest BCUT2D eigenvalue weighted by Gasteiger charge is -2.22. The van der Waals surface area contributed by atoms with Crippen molar-refractivity contribution in [1.82, 2.24) is 10.2 Å². The maximum absolute atomic E-state index is 11.7. The van der Waals surface area contributed by atoms with Gasteiger partial charge in [-0.15, -0.1) is 0 Å². The molecular weight excluding hydrogens is 230 g/mol. The van der Waals surface area contributed by atoms with Crippen LogP contribution >= 0.6 is 0 Å². The molecule has 5 heteroatoms. The number of hydrogen-bond acceptors (Lipinski definition) is 4. The molecule has 0 unspecified atom stereocenters. The number of nitrogens with zero attached hydrogens (tertiary/aromatic N) is 1. The standard InChI is InChI=1S/C13H27N3O2/c1-16(2)8-10-18-9-7-15-12(17)11-13(14)5-3-4-6-13/h3-11,14H2,1-2H3,(H,15,17). The Bertz CT molecular complexity index is 251. The van der Waals surface area contributed by atoms with Crippen LogP contribution in [0.5, 0.6) is 0 Å². The number of carbonyl (C=O) groups excluding carboxylic acids is 1. The van der Waals surface area contributed by atoms with E-state index in [9.17, 15) is 4.79 Å². The molecule has 1 saturated carbocycles. The molecule has 0 heterocycles. The number of likely N-dealkylation sites (N-methyl/N-ethyl adjacent to an activating group) is 1. The van der Waals surface area contributed by atoms with Crippen molar-refractivity contribution in [3.63, 3.8) is 0 Å². The Morgan fingerprint density at radius 3 is 2.61 bits per heavy atom. The van der Waals surface area contributed by atoms with E-state index in [0.717, 1.165) is 32.2 Å². The molecule has 1 aliphatic carbocycles. The number of amides is 1. The van der Waals surface area contributed by atoms with Gasteiger partial charge < -0.3 is 20.7 Å². The molecule has 0 aromatic rings. The summed E-state index contributed by atoms with van der Waals surface area (Å²) in [5.41, 5.74) is 5.89. The Morgan fingerprint density at radius 1 is 1.33 bits per heavy atom. The molecule has 5 nitrogen and oxygen atoms in total. The van der Waals surface area contributed by atoms with Gasteiger partial charge in [-0.3, -0.25) is 4.79 Å². The smallest absolute Gasteiger partial charge is 0.221 e. The van der Waals surface area contributed by atoms with Crippen molar-refractivity contribution in [2.24, 2.45) is 5.73 Å². The molecular formula is C13H27N3O2. The van der Waals surface area contributed by atoms with Crippen molar-refractivity contribution < 1.29 is 9.53 Å². The van der Waals surface area contributed by atoms with Gasteiger partial charge in [0.15, 0.2) is 0 Å². The van der Waals surface area contributed by atoms with E-state index < -0.39 is 0 Å². The number of rotatable bonds is 8. The molecule has 106 valence electrons. The van der Waals surface area contributed by atoms with E-state index in [0.29, 0.717) is 26.2 Å². The number of carbonyl (C=O) groups is 1. The van der Waals surface area contributed by atoms with E-state index >= 15 is 0 Å². The van der Waals surface area contributed by atoms with Crippen molar-refractivity contribution in [3.05, 3.63) is 0 Å². The average Bonchev–Trinajstić information content (AvgIpc) is 2.69. The average molecular weight is 257 g/mol. The highest BCUT2D eigenvalue weighted by Crippen LogP contribution is 2.29. The van der Waals surface area contributed by atoms with Crippen molar-refractivity contribution in [3.8, 4) is 0 Å². The Kier molecular flexibility index (Phi) is 6.60. The number of hydrogen-bond donors (Lipinski definition) is 2. The summed E-state index contributed by atoms with van der Waals surface area (Å²) in [5, 5.41) is 2.87. The van der Waals surface area contributed by atoms with E-state index in [2.05, 4.69) is 10.2 Å². The fourth-order valence-corrected chi connectivity index (χ4v) is 2.25. The Labute approximate surface area is 110 Å². The van der Waals surface area contributed by atoms with Crippen molar-refractivity contribution in [1.29, 1.82) is 0 Å². The van der Waals surface area contributed by atoms with Crippen LogP contribution in [0.4, 0.5) is 0 Å². The topological polar surface area (TPSA) is 67.6 Å². The molecule has 0 aromatic heterocycles. The molecule has 0 spiro atoms. The quantitative estimate of drug-likeness (QED) is 0.615. The molecule has 1 fully saturated rings. The van der Waals surface area contributed by atoms with Crippen LogP contribution in [-0.2, 0) is 9.53 Å². The first kappa shape index (κ1) is 15.4. The van der Waals surface area contributed by atoms with Crippen molar-refractivity contribution >= 4 is 5.91 Å². The van der Waals surface area contributed by atoms with Crippen LogP contribution in [0.3, 0.4) is 0 Å². The molecule has 0 aliphatic heterocycles. The first-order valence-electron chi connectivity index (χ1n) is 6.80. The highest BCUT2D eigenvalue weighted by molar-refractivity contribution is 5.77. The minimum Gasteiger partial charge on any atom is -0.378 e. The number of nitrogens with one attached hydrogen (secondary N) is 1. The summed E-state index contributed by atoms with van der Waals surface area (Å²) >= 11 is 0. The molecule has 3 N–H and O–H groups in total. The van der Waals surface area contributed by atoms with Crippen LogP contribution < -0.4 is 11.1 Å². The van der Waals surface area contributed by atoms with E-state index in [4.69, 9.17) is 10.5 Å². The largest absolute Gasteiger partial charge is 0.378 e. The Balaban J connectivity index is 2.00. The summed E-state index contributed by atoms with van der Waals surface area (Å²) in [7, 11) is 4.01. The lowest BCUT2D eigenvalue weighted by molar-refractivity contribution is -0.122. The van der Waals surface area contributed by atoms with Gasteiger partial charge in [0, 0.05) is 25.0 Å². The second kappa shape index (κ2) is 7.71. The molecule has 0 atom stereocenters. The SMILES string of the molecule is CN(C)CCOCCNC(=O)CC1(N)CCCC1. The first-order valence-corrected chi connectivity index (χ1v) is 6.80. The van der Waals surface area contributed by atoms with E-state index in [1.807, 2.05) is 14.1 Å². The highest BCUT2D eigenvalue weighted by atomic mass is 16.5. The fourth-order valence-electron chi connectivity index (χ4n) is 2.25. The normalized spacial score (nSPS) is 18.2. The van der Waals surface area contributed by atoms with Crippen LogP contribution in [-0.4, -0.2) is 56.7 Å². The minimum atomic E-state index is -0.254.